The average molecular weight is 431 g/mol. The molecule has 0 aromatic heterocycles. The van der Waals surface area contributed by atoms with Crippen LogP contribution < -0.4 is 16.4 Å². The lowest BCUT2D eigenvalue weighted by molar-refractivity contribution is -0.111. The van der Waals surface area contributed by atoms with E-state index in [0.717, 1.165) is 0 Å². The Balaban J connectivity index is 1.72. The fraction of sp³-hybridized carbons (Fsp3) is 0.120. The summed E-state index contributed by atoms with van der Waals surface area (Å²) in [6.45, 7) is 1.83. The molecule has 3 aromatic rings. The molecule has 2 amide bonds. The smallest absolute Gasteiger partial charge is 0.412 e. The Morgan fingerprint density at radius 2 is 1.59 bits per heavy atom. The summed E-state index contributed by atoms with van der Waals surface area (Å²) in [7, 11) is 0. The summed E-state index contributed by atoms with van der Waals surface area (Å²) in [5.41, 5.74) is 8.11. The number of phenols is 1. The van der Waals surface area contributed by atoms with Gasteiger partial charge in [0.25, 0.3) is 0 Å². The molecule has 0 aliphatic heterocycles. The molecule has 0 saturated carbocycles. The van der Waals surface area contributed by atoms with Crippen molar-refractivity contribution in [1.29, 1.82) is 0 Å². The third-order valence-corrected chi connectivity index (χ3v) is 4.72. The number of hydrogen-bond acceptors (Lipinski definition) is 5. The maximum atomic E-state index is 12.5. The van der Waals surface area contributed by atoms with Crippen LogP contribution in [-0.4, -0.2) is 17.1 Å². The molecule has 0 radical (unpaired) electrons. The molecule has 0 spiro atoms. The number of hydrogen-bond donors (Lipinski definition) is 4. The standard InChI is InChI=1S/C25H25N3O4/c1-17(11-16-23(30)28-22-10-6-5-9-21(22)26)24(18-12-14-20(29)15-13-18)32-25(31)27-19-7-3-2-4-8-19/h2-17,24,29H,26H2,1H3,(H,27,31)(H,28,30)/b16-11+/t17-,24-/m1/s1. The number of nitrogen functional groups attached to an aromatic ring is 1. The van der Waals surface area contributed by atoms with Gasteiger partial charge in [-0.25, -0.2) is 4.79 Å². The number of carbonyl (C=O) groups is 2. The lowest BCUT2D eigenvalue weighted by atomic mass is 9.96. The molecule has 0 fully saturated rings. The number of ether oxygens (including phenoxy) is 1. The van der Waals surface area contributed by atoms with E-state index in [1.807, 2.05) is 13.0 Å². The van der Waals surface area contributed by atoms with Crippen LogP contribution in [-0.2, 0) is 9.53 Å². The van der Waals surface area contributed by atoms with Gasteiger partial charge in [-0.1, -0.05) is 55.5 Å². The van der Waals surface area contributed by atoms with E-state index in [4.69, 9.17) is 10.5 Å². The van der Waals surface area contributed by atoms with Crippen molar-refractivity contribution in [3.8, 4) is 5.75 Å². The lowest BCUT2D eigenvalue weighted by Crippen LogP contribution is -2.21. The van der Waals surface area contributed by atoms with Gasteiger partial charge in [-0.05, 0) is 48.0 Å². The van der Waals surface area contributed by atoms with Crippen molar-refractivity contribution in [2.45, 2.75) is 13.0 Å². The quantitative estimate of drug-likeness (QED) is 0.307. The first-order valence-electron chi connectivity index (χ1n) is 10.1. The summed E-state index contributed by atoms with van der Waals surface area (Å²) in [6.07, 6.45) is 1.71. The highest BCUT2D eigenvalue weighted by Crippen LogP contribution is 2.29. The Morgan fingerprint density at radius 1 is 0.938 bits per heavy atom. The largest absolute Gasteiger partial charge is 0.508 e. The zero-order valence-corrected chi connectivity index (χ0v) is 17.6. The molecule has 3 aromatic carbocycles. The average Bonchev–Trinajstić information content (AvgIpc) is 2.79. The number of anilines is 3. The lowest BCUT2D eigenvalue weighted by Gasteiger charge is -2.23. The molecule has 0 heterocycles. The van der Waals surface area contributed by atoms with Crippen molar-refractivity contribution < 1.29 is 19.4 Å². The molecule has 7 nitrogen and oxygen atoms in total. The van der Waals surface area contributed by atoms with Crippen molar-refractivity contribution in [3.63, 3.8) is 0 Å². The molecule has 32 heavy (non-hydrogen) atoms. The fourth-order valence-electron chi connectivity index (χ4n) is 3.05. The summed E-state index contributed by atoms with van der Waals surface area (Å²) >= 11 is 0. The molecule has 7 heteroatoms. The number of nitrogens with one attached hydrogen (secondary N) is 2. The van der Waals surface area contributed by atoms with Crippen LogP contribution in [0, 0.1) is 5.92 Å². The number of aromatic hydroxyl groups is 1. The Morgan fingerprint density at radius 3 is 2.28 bits per heavy atom. The molecular weight excluding hydrogens is 406 g/mol. The van der Waals surface area contributed by atoms with Crippen LogP contribution in [0.25, 0.3) is 0 Å². The Labute approximate surface area is 186 Å². The summed E-state index contributed by atoms with van der Waals surface area (Å²) in [5.74, 6) is -0.600. The highest BCUT2D eigenvalue weighted by atomic mass is 16.6. The minimum atomic E-state index is -0.690. The van der Waals surface area contributed by atoms with E-state index >= 15 is 0 Å². The minimum absolute atomic E-state index is 0.101. The van der Waals surface area contributed by atoms with Gasteiger partial charge in [0.15, 0.2) is 0 Å². The zero-order valence-electron chi connectivity index (χ0n) is 17.6. The van der Waals surface area contributed by atoms with Gasteiger partial charge in [0.1, 0.15) is 11.9 Å². The van der Waals surface area contributed by atoms with Crippen molar-refractivity contribution in [3.05, 3.63) is 96.6 Å². The Hall–Kier alpha value is -4.26. The van der Waals surface area contributed by atoms with Crippen LogP contribution >= 0.6 is 0 Å². The first kappa shape index (κ1) is 22.4. The third kappa shape index (κ3) is 6.37. The van der Waals surface area contributed by atoms with Gasteiger partial charge in [-0.2, -0.15) is 0 Å². The van der Waals surface area contributed by atoms with Gasteiger partial charge < -0.3 is 20.9 Å². The first-order valence-corrected chi connectivity index (χ1v) is 10.1. The second-order valence-corrected chi connectivity index (χ2v) is 7.20. The van der Waals surface area contributed by atoms with Crippen LogP contribution in [0.4, 0.5) is 21.9 Å². The van der Waals surface area contributed by atoms with E-state index < -0.39 is 12.2 Å². The summed E-state index contributed by atoms with van der Waals surface area (Å²) in [6, 6.07) is 22.3. The molecular formula is C25H25N3O4. The van der Waals surface area contributed by atoms with Gasteiger partial charge in [-0.3, -0.25) is 10.1 Å². The van der Waals surface area contributed by atoms with Gasteiger partial charge in [0.2, 0.25) is 5.91 Å². The van der Waals surface area contributed by atoms with Crippen LogP contribution in [0.1, 0.15) is 18.6 Å². The van der Waals surface area contributed by atoms with Crippen LogP contribution in [0.15, 0.2) is 91.0 Å². The number of para-hydroxylation sites is 3. The molecule has 0 saturated heterocycles. The number of carbonyl (C=O) groups excluding carboxylic acids is 2. The third-order valence-electron chi connectivity index (χ3n) is 4.72. The minimum Gasteiger partial charge on any atom is -0.508 e. The van der Waals surface area contributed by atoms with Crippen molar-refractivity contribution in [1.82, 2.24) is 0 Å². The predicted molar refractivity (Wildman–Crippen MR) is 125 cm³/mol. The second kappa shape index (κ2) is 10.7. The molecule has 0 aliphatic rings. The van der Waals surface area contributed by atoms with Crippen LogP contribution in [0.2, 0.25) is 0 Å². The van der Waals surface area contributed by atoms with Gasteiger partial charge in [-0.15, -0.1) is 0 Å². The van der Waals surface area contributed by atoms with Crippen LogP contribution in [0.3, 0.4) is 0 Å². The van der Waals surface area contributed by atoms with Gasteiger partial charge in [0, 0.05) is 11.6 Å². The predicted octanol–water partition coefficient (Wildman–Crippen LogP) is 5.10. The van der Waals surface area contributed by atoms with Crippen molar-refractivity contribution >= 4 is 29.1 Å². The van der Waals surface area contributed by atoms with E-state index in [2.05, 4.69) is 10.6 Å². The summed E-state index contributed by atoms with van der Waals surface area (Å²) in [4.78, 5) is 24.8. The highest BCUT2D eigenvalue weighted by Gasteiger charge is 2.22. The number of benzene rings is 3. The normalized spacial score (nSPS) is 12.7. The number of rotatable bonds is 7. The van der Waals surface area contributed by atoms with E-state index in [0.29, 0.717) is 22.6 Å². The fourth-order valence-corrected chi connectivity index (χ4v) is 3.05. The number of nitrogens with two attached hydrogens (primary N) is 1. The highest BCUT2D eigenvalue weighted by molar-refractivity contribution is 6.01. The van der Waals surface area contributed by atoms with E-state index in [1.54, 1.807) is 66.7 Å². The van der Waals surface area contributed by atoms with E-state index in [-0.39, 0.29) is 17.6 Å². The second-order valence-electron chi connectivity index (χ2n) is 7.20. The van der Waals surface area contributed by atoms with Crippen LogP contribution in [0.5, 0.6) is 5.75 Å². The van der Waals surface area contributed by atoms with Crippen molar-refractivity contribution in [2.24, 2.45) is 5.92 Å². The van der Waals surface area contributed by atoms with Gasteiger partial charge >= 0.3 is 6.09 Å². The monoisotopic (exact) mass is 431 g/mol. The van der Waals surface area contributed by atoms with E-state index in [9.17, 15) is 14.7 Å². The molecule has 3 rings (SSSR count). The zero-order chi connectivity index (χ0) is 22.9. The number of amides is 2. The maximum Gasteiger partial charge on any atom is 0.412 e. The molecule has 5 N–H and O–H groups in total. The SMILES string of the molecule is C[C@H](/C=C/C(=O)Nc1ccccc1N)[C@@H](OC(=O)Nc1ccccc1)c1ccc(O)cc1. The Kier molecular flexibility index (Phi) is 7.48. The molecule has 0 bridgehead atoms. The summed E-state index contributed by atoms with van der Waals surface area (Å²) in [5, 5.41) is 15.0. The molecule has 164 valence electrons. The molecule has 0 aliphatic carbocycles. The first-order chi connectivity index (χ1) is 15.4. The molecule has 2 atom stereocenters. The Bertz CT molecular complexity index is 1080. The molecule has 0 unspecified atom stereocenters. The maximum absolute atomic E-state index is 12.5. The van der Waals surface area contributed by atoms with Crippen molar-refractivity contribution in [2.75, 3.05) is 16.4 Å². The topological polar surface area (TPSA) is 114 Å². The number of phenolic OH excluding ortho intramolecular Hbond substituents is 1. The summed E-state index contributed by atoms with van der Waals surface area (Å²) < 4.78 is 5.68. The van der Waals surface area contributed by atoms with E-state index in [1.165, 1.54) is 18.2 Å². The van der Waals surface area contributed by atoms with Gasteiger partial charge in [0.05, 0.1) is 11.4 Å².